The van der Waals surface area contributed by atoms with Gasteiger partial charge >= 0.3 is 0 Å². The molecule has 3 N–H and O–H groups in total. The number of carbonyl (C=O) groups is 1. The van der Waals surface area contributed by atoms with Crippen LogP contribution >= 0.6 is 0 Å². The van der Waals surface area contributed by atoms with E-state index >= 15 is 0 Å². The molecular weight excluding hydrogens is 260 g/mol. The minimum atomic E-state index is -0.247. The second-order valence-electron chi connectivity index (χ2n) is 4.67. The molecule has 2 rings (SSSR count). The number of hydrogen-bond donors (Lipinski definition) is 2. The molecule has 1 amide bonds. The molecule has 0 saturated carbocycles. The van der Waals surface area contributed by atoms with Crippen LogP contribution in [0.4, 0.5) is 5.69 Å². The first kappa shape index (κ1) is 14.6. The number of anilines is 1. The van der Waals surface area contributed by atoms with Crippen LogP contribution in [-0.4, -0.2) is 54.9 Å². The van der Waals surface area contributed by atoms with Crippen molar-refractivity contribution in [2.45, 2.75) is 12.5 Å². The first-order valence-electron chi connectivity index (χ1n) is 6.67. The molecule has 0 aliphatic carbocycles. The molecule has 1 aliphatic heterocycles. The predicted molar refractivity (Wildman–Crippen MR) is 74.4 cm³/mol. The fraction of sp³-hybridized carbons (Fsp3) is 0.500. The van der Waals surface area contributed by atoms with E-state index in [2.05, 4.69) is 0 Å². The molecule has 0 bridgehead atoms. The summed E-state index contributed by atoms with van der Waals surface area (Å²) >= 11 is 0. The monoisotopic (exact) mass is 280 g/mol. The van der Waals surface area contributed by atoms with E-state index < -0.39 is 0 Å². The number of aliphatic hydroxyl groups is 1. The number of amides is 1. The average molecular weight is 280 g/mol. The highest BCUT2D eigenvalue weighted by Crippen LogP contribution is 2.15. The van der Waals surface area contributed by atoms with Crippen LogP contribution in [0.1, 0.15) is 6.42 Å². The van der Waals surface area contributed by atoms with E-state index in [1.165, 1.54) is 0 Å². The van der Waals surface area contributed by atoms with Crippen molar-refractivity contribution in [1.82, 2.24) is 4.90 Å². The van der Waals surface area contributed by atoms with Crippen molar-refractivity contribution >= 4 is 11.6 Å². The second kappa shape index (κ2) is 7.12. The first-order valence-corrected chi connectivity index (χ1v) is 6.67. The highest BCUT2D eigenvalue weighted by atomic mass is 16.5. The zero-order valence-corrected chi connectivity index (χ0v) is 11.3. The molecule has 0 spiro atoms. The molecule has 1 heterocycles. The zero-order chi connectivity index (χ0) is 14.4. The number of aliphatic hydroxyl groups excluding tert-OH is 1. The Morgan fingerprint density at radius 1 is 1.55 bits per heavy atom. The average Bonchev–Trinajstić information content (AvgIpc) is 2.47. The molecule has 1 atom stereocenters. The van der Waals surface area contributed by atoms with Gasteiger partial charge in [-0.3, -0.25) is 4.79 Å². The van der Waals surface area contributed by atoms with E-state index in [1.807, 2.05) is 0 Å². The van der Waals surface area contributed by atoms with Gasteiger partial charge in [0.15, 0.2) is 0 Å². The number of carbonyl (C=O) groups excluding carboxylic acids is 1. The topological polar surface area (TPSA) is 85.0 Å². The Balaban J connectivity index is 1.79. The minimum Gasteiger partial charge on any atom is -0.493 e. The molecule has 1 saturated heterocycles. The van der Waals surface area contributed by atoms with E-state index in [0.717, 1.165) is 0 Å². The van der Waals surface area contributed by atoms with Gasteiger partial charge in [-0.25, -0.2) is 0 Å². The molecule has 110 valence electrons. The summed E-state index contributed by atoms with van der Waals surface area (Å²) in [6.07, 6.45) is 0.269. The lowest BCUT2D eigenvalue weighted by Gasteiger charge is -2.34. The van der Waals surface area contributed by atoms with Gasteiger partial charge in [0.25, 0.3) is 0 Å². The fourth-order valence-electron chi connectivity index (χ4n) is 2.14. The van der Waals surface area contributed by atoms with E-state index in [-0.39, 0.29) is 31.6 Å². The van der Waals surface area contributed by atoms with Gasteiger partial charge in [0.05, 0.1) is 38.9 Å². The summed E-state index contributed by atoms with van der Waals surface area (Å²) in [6, 6.07) is 6.85. The Morgan fingerprint density at radius 2 is 2.40 bits per heavy atom. The maximum Gasteiger partial charge on any atom is 0.226 e. The number of nitrogens with zero attached hydrogens (tertiary/aromatic N) is 1. The van der Waals surface area contributed by atoms with E-state index in [0.29, 0.717) is 31.2 Å². The number of ether oxygens (including phenoxy) is 2. The van der Waals surface area contributed by atoms with Crippen LogP contribution in [0.15, 0.2) is 24.3 Å². The highest BCUT2D eigenvalue weighted by molar-refractivity contribution is 5.76. The van der Waals surface area contributed by atoms with E-state index in [1.54, 1.807) is 29.2 Å². The zero-order valence-electron chi connectivity index (χ0n) is 11.3. The van der Waals surface area contributed by atoms with Gasteiger partial charge in [-0.15, -0.1) is 0 Å². The van der Waals surface area contributed by atoms with Crippen LogP contribution in [0, 0.1) is 0 Å². The Kier molecular flexibility index (Phi) is 5.20. The van der Waals surface area contributed by atoms with Crippen molar-refractivity contribution in [2.24, 2.45) is 0 Å². The van der Waals surface area contributed by atoms with Crippen molar-refractivity contribution in [3.05, 3.63) is 24.3 Å². The van der Waals surface area contributed by atoms with Crippen LogP contribution in [-0.2, 0) is 9.53 Å². The summed E-state index contributed by atoms with van der Waals surface area (Å²) in [4.78, 5) is 13.7. The third-order valence-corrected chi connectivity index (χ3v) is 3.20. The van der Waals surface area contributed by atoms with Crippen LogP contribution in [0.5, 0.6) is 5.75 Å². The molecular formula is C14H20N2O4. The normalized spacial score (nSPS) is 18.9. The number of hydrogen-bond acceptors (Lipinski definition) is 5. The van der Waals surface area contributed by atoms with Gasteiger partial charge in [0, 0.05) is 18.3 Å². The van der Waals surface area contributed by atoms with Gasteiger partial charge in [0.1, 0.15) is 5.75 Å². The van der Waals surface area contributed by atoms with Gasteiger partial charge in [0.2, 0.25) is 5.91 Å². The largest absolute Gasteiger partial charge is 0.493 e. The molecule has 1 fully saturated rings. The van der Waals surface area contributed by atoms with Crippen molar-refractivity contribution in [3.8, 4) is 5.75 Å². The van der Waals surface area contributed by atoms with Crippen molar-refractivity contribution in [3.63, 3.8) is 0 Å². The Bertz CT molecular complexity index is 453. The fourth-order valence-corrected chi connectivity index (χ4v) is 2.14. The van der Waals surface area contributed by atoms with Gasteiger partial charge in [-0.2, -0.15) is 0 Å². The lowest BCUT2D eigenvalue weighted by molar-refractivity contribution is -0.142. The third kappa shape index (κ3) is 3.85. The standard InChI is InChI=1S/C14H20N2O4/c15-11-2-1-3-13(8-11)20-6-4-14(18)16-5-7-19-10-12(16)9-17/h1-3,8,12,17H,4-7,9-10,15H2. The molecule has 6 nitrogen and oxygen atoms in total. The second-order valence-corrected chi connectivity index (χ2v) is 4.67. The van der Waals surface area contributed by atoms with Crippen LogP contribution in [0.25, 0.3) is 0 Å². The Hall–Kier alpha value is -1.79. The molecule has 1 aromatic rings. The van der Waals surface area contributed by atoms with E-state index in [4.69, 9.17) is 15.2 Å². The lowest BCUT2D eigenvalue weighted by atomic mass is 10.2. The Morgan fingerprint density at radius 3 is 3.15 bits per heavy atom. The SMILES string of the molecule is Nc1cccc(OCCC(=O)N2CCOCC2CO)c1. The smallest absolute Gasteiger partial charge is 0.226 e. The molecule has 1 aliphatic rings. The maximum atomic E-state index is 12.1. The van der Waals surface area contributed by atoms with Gasteiger partial charge < -0.3 is 25.2 Å². The predicted octanol–water partition coefficient (Wildman–Crippen LogP) is 0.257. The van der Waals surface area contributed by atoms with Crippen molar-refractivity contribution in [2.75, 3.05) is 38.7 Å². The molecule has 0 aromatic heterocycles. The van der Waals surface area contributed by atoms with Gasteiger partial charge in [-0.05, 0) is 12.1 Å². The van der Waals surface area contributed by atoms with Crippen molar-refractivity contribution in [1.29, 1.82) is 0 Å². The minimum absolute atomic E-state index is 0.0312. The lowest BCUT2D eigenvalue weighted by Crippen LogP contribution is -2.50. The highest BCUT2D eigenvalue weighted by Gasteiger charge is 2.26. The summed E-state index contributed by atoms with van der Waals surface area (Å²) < 4.78 is 10.7. The number of benzene rings is 1. The summed E-state index contributed by atoms with van der Waals surface area (Å²) in [5.41, 5.74) is 6.27. The number of nitrogens with two attached hydrogens (primary N) is 1. The first-order chi connectivity index (χ1) is 9.70. The van der Waals surface area contributed by atoms with Crippen molar-refractivity contribution < 1.29 is 19.4 Å². The number of rotatable bonds is 5. The van der Waals surface area contributed by atoms with E-state index in [9.17, 15) is 9.90 Å². The molecule has 20 heavy (non-hydrogen) atoms. The van der Waals surface area contributed by atoms with Crippen LogP contribution in [0.3, 0.4) is 0 Å². The summed E-state index contributed by atoms with van der Waals surface area (Å²) in [6.45, 7) is 1.62. The maximum absolute atomic E-state index is 12.1. The van der Waals surface area contributed by atoms with Crippen LogP contribution < -0.4 is 10.5 Å². The molecule has 0 radical (unpaired) electrons. The molecule has 1 unspecified atom stereocenters. The van der Waals surface area contributed by atoms with Gasteiger partial charge in [-0.1, -0.05) is 6.07 Å². The summed E-state index contributed by atoms with van der Waals surface area (Å²) in [5, 5.41) is 9.23. The Labute approximate surface area is 118 Å². The number of morpholine rings is 1. The summed E-state index contributed by atoms with van der Waals surface area (Å²) in [7, 11) is 0. The quantitative estimate of drug-likeness (QED) is 0.756. The summed E-state index contributed by atoms with van der Waals surface area (Å²) in [5.74, 6) is 0.620. The molecule has 6 heteroatoms. The number of nitrogen functional groups attached to an aromatic ring is 1. The third-order valence-electron chi connectivity index (χ3n) is 3.20. The van der Waals surface area contributed by atoms with Crippen LogP contribution in [0.2, 0.25) is 0 Å². The molecule has 1 aromatic carbocycles.